The van der Waals surface area contributed by atoms with Gasteiger partial charge in [-0.3, -0.25) is 0 Å². The largest absolute Gasteiger partial charge is 0.229 e. The Bertz CT molecular complexity index is 304. The van der Waals surface area contributed by atoms with Gasteiger partial charge in [0.05, 0.1) is 11.5 Å². The number of sulfone groups is 2. The van der Waals surface area contributed by atoms with Crippen molar-refractivity contribution in [3.05, 3.63) is 0 Å². The molecule has 0 aromatic heterocycles. The van der Waals surface area contributed by atoms with Crippen molar-refractivity contribution in [3.63, 3.8) is 0 Å². The summed E-state index contributed by atoms with van der Waals surface area (Å²) in [5, 5.41) is 0. The fraction of sp³-hybridized carbons (Fsp3) is 1.00. The molecule has 0 aliphatic rings. The van der Waals surface area contributed by atoms with E-state index in [1.54, 1.807) is 13.8 Å². The van der Waals surface area contributed by atoms with Crippen molar-refractivity contribution in [2.75, 3.05) is 23.0 Å². The van der Waals surface area contributed by atoms with Crippen LogP contribution in [0.25, 0.3) is 0 Å². The van der Waals surface area contributed by atoms with Crippen molar-refractivity contribution in [1.29, 1.82) is 0 Å². The minimum Gasteiger partial charge on any atom is -0.229 e. The SMILES string of the molecule is CCCS(=O)(=O)CCS(=O)(=O)CCC. The zero-order valence-electron chi connectivity index (χ0n) is 8.69. The Morgan fingerprint density at radius 1 is 0.643 bits per heavy atom. The molecule has 0 aliphatic carbocycles. The highest BCUT2D eigenvalue weighted by atomic mass is 32.2. The second-order valence-corrected chi connectivity index (χ2v) is 7.91. The lowest BCUT2D eigenvalue weighted by Gasteiger charge is -2.03. The Balaban J connectivity index is 4.19. The van der Waals surface area contributed by atoms with Crippen LogP contribution in [0.15, 0.2) is 0 Å². The highest BCUT2D eigenvalue weighted by molar-refractivity contribution is 7.95. The third-order valence-electron chi connectivity index (χ3n) is 1.74. The first-order valence-corrected chi connectivity index (χ1v) is 8.38. The van der Waals surface area contributed by atoms with Crippen LogP contribution in [0.4, 0.5) is 0 Å². The van der Waals surface area contributed by atoms with Crippen LogP contribution in [0.5, 0.6) is 0 Å². The molecule has 4 nitrogen and oxygen atoms in total. The Morgan fingerprint density at radius 3 is 1.14 bits per heavy atom. The lowest BCUT2D eigenvalue weighted by atomic mass is 10.6. The van der Waals surface area contributed by atoms with Gasteiger partial charge >= 0.3 is 0 Å². The maximum Gasteiger partial charge on any atom is 0.151 e. The Hall–Kier alpha value is -0.100. The van der Waals surface area contributed by atoms with Crippen LogP contribution in [-0.2, 0) is 19.7 Å². The average Bonchev–Trinajstić information content (AvgIpc) is 2.01. The van der Waals surface area contributed by atoms with Gasteiger partial charge < -0.3 is 0 Å². The highest BCUT2D eigenvalue weighted by Crippen LogP contribution is 1.99. The number of rotatable bonds is 7. The molecule has 0 fully saturated rings. The second kappa shape index (κ2) is 5.70. The maximum absolute atomic E-state index is 11.2. The summed E-state index contributed by atoms with van der Waals surface area (Å²) in [5.41, 5.74) is 0. The van der Waals surface area contributed by atoms with E-state index in [1.807, 2.05) is 0 Å². The first kappa shape index (κ1) is 13.9. The fourth-order valence-electron chi connectivity index (χ4n) is 1.08. The van der Waals surface area contributed by atoms with Crippen molar-refractivity contribution in [3.8, 4) is 0 Å². The summed E-state index contributed by atoms with van der Waals surface area (Å²) in [4.78, 5) is 0. The Kier molecular flexibility index (Phi) is 5.66. The van der Waals surface area contributed by atoms with Crippen molar-refractivity contribution in [2.24, 2.45) is 0 Å². The van der Waals surface area contributed by atoms with Gasteiger partial charge in [0, 0.05) is 11.5 Å². The van der Waals surface area contributed by atoms with E-state index in [2.05, 4.69) is 0 Å². The molecule has 0 aromatic rings. The molecule has 0 saturated carbocycles. The van der Waals surface area contributed by atoms with Gasteiger partial charge in [0.15, 0.2) is 19.7 Å². The van der Waals surface area contributed by atoms with Gasteiger partial charge in [-0.05, 0) is 12.8 Å². The van der Waals surface area contributed by atoms with Crippen LogP contribution < -0.4 is 0 Å². The molecular formula is C8H18O4S2. The van der Waals surface area contributed by atoms with Crippen molar-refractivity contribution in [2.45, 2.75) is 26.7 Å². The lowest BCUT2D eigenvalue weighted by molar-refractivity contribution is 0.586. The van der Waals surface area contributed by atoms with E-state index >= 15 is 0 Å². The monoisotopic (exact) mass is 242 g/mol. The number of hydrogen-bond acceptors (Lipinski definition) is 4. The van der Waals surface area contributed by atoms with Crippen molar-refractivity contribution in [1.82, 2.24) is 0 Å². The summed E-state index contributed by atoms with van der Waals surface area (Å²) in [5.74, 6) is -0.310. The van der Waals surface area contributed by atoms with E-state index in [0.717, 1.165) is 0 Å². The summed E-state index contributed by atoms with van der Waals surface area (Å²) in [6.45, 7) is 3.52. The predicted molar refractivity (Wildman–Crippen MR) is 57.9 cm³/mol. The Morgan fingerprint density at radius 2 is 0.929 bits per heavy atom. The zero-order valence-corrected chi connectivity index (χ0v) is 10.3. The summed E-state index contributed by atoms with van der Waals surface area (Å²) in [7, 11) is -6.32. The normalized spacial score (nSPS) is 13.0. The van der Waals surface area contributed by atoms with Gasteiger partial charge in [0.25, 0.3) is 0 Å². The molecular weight excluding hydrogens is 224 g/mol. The first-order valence-electron chi connectivity index (χ1n) is 4.74. The van der Waals surface area contributed by atoms with Crippen LogP contribution in [0.1, 0.15) is 26.7 Å². The maximum atomic E-state index is 11.2. The smallest absolute Gasteiger partial charge is 0.151 e. The molecule has 0 saturated heterocycles. The van der Waals surface area contributed by atoms with Gasteiger partial charge in [0.1, 0.15) is 0 Å². The standard InChI is InChI=1S/C8H18O4S2/c1-3-5-13(9,10)7-8-14(11,12)6-4-2/h3-8H2,1-2H3. The lowest BCUT2D eigenvalue weighted by Crippen LogP contribution is -2.21. The van der Waals surface area contributed by atoms with E-state index in [4.69, 9.17) is 0 Å². The van der Waals surface area contributed by atoms with E-state index in [0.29, 0.717) is 12.8 Å². The summed E-state index contributed by atoms with van der Waals surface area (Å²) >= 11 is 0. The quantitative estimate of drug-likeness (QED) is 0.657. The van der Waals surface area contributed by atoms with Crippen LogP contribution in [-0.4, -0.2) is 39.8 Å². The van der Waals surface area contributed by atoms with Crippen LogP contribution in [0, 0.1) is 0 Å². The Labute approximate surface area is 86.5 Å². The molecule has 0 N–H and O–H groups in total. The van der Waals surface area contributed by atoms with Crippen molar-refractivity contribution < 1.29 is 16.8 Å². The fourth-order valence-corrected chi connectivity index (χ4v) is 4.76. The molecule has 0 radical (unpaired) electrons. The third-order valence-corrected chi connectivity index (χ3v) is 5.71. The molecule has 0 rings (SSSR count). The van der Waals surface area contributed by atoms with Gasteiger partial charge in [-0.15, -0.1) is 0 Å². The molecule has 0 amide bonds. The molecule has 0 atom stereocenters. The van der Waals surface area contributed by atoms with Gasteiger partial charge in [-0.1, -0.05) is 13.8 Å². The average molecular weight is 242 g/mol. The molecule has 0 spiro atoms. The molecule has 0 aliphatic heterocycles. The molecule has 0 aromatic carbocycles. The molecule has 0 bridgehead atoms. The minimum atomic E-state index is -3.16. The van der Waals surface area contributed by atoms with Crippen LogP contribution in [0.3, 0.4) is 0 Å². The molecule has 0 heterocycles. The summed E-state index contributed by atoms with van der Waals surface area (Å²) < 4.78 is 44.9. The van der Waals surface area contributed by atoms with Crippen LogP contribution in [0.2, 0.25) is 0 Å². The third kappa shape index (κ3) is 6.37. The van der Waals surface area contributed by atoms with E-state index in [1.165, 1.54) is 0 Å². The van der Waals surface area contributed by atoms with Gasteiger partial charge in [0.2, 0.25) is 0 Å². The second-order valence-electron chi connectivity index (χ2n) is 3.30. The minimum absolute atomic E-state index is 0.0780. The highest BCUT2D eigenvalue weighted by Gasteiger charge is 2.16. The predicted octanol–water partition coefficient (Wildman–Crippen LogP) is 0.636. The first-order chi connectivity index (χ1) is 6.33. The molecule has 6 heteroatoms. The molecule has 14 heavy (non-hydrogen) atoms. The van der Waals surface area contributed by atoms with E-state index in [-0.39, 0.29) is 23.0 Å². The topological polar surface area (TPSA) is 68.3 Å². The van der Waals surface area contributed by atoms with Crippen molar-refractivity contribution >= 4 is 19.7 Å². The van der Waals surface area contributed by atoms with Gasteiger partial charge in [-0.2, -0.15) is 0 Å². The van der Waals surface area contributed by atoms with Crippen LogP contribution >= 0.6 is 0 Å². The summed E-state index contributed by atoms with van der Waals surface area (Å²) in [6, 6.07) is 0. The zero-order chi connectivity index (χ0) is 11.2. The van der Waals surface area contributed by atoms with E-state index < -0.39 is 19.7 Å². The summed E-state index contributed by atoms with van der Waals surface area (Å²) in [6.07, 6.45) is 1.08. The van der Waals surface area contributed by atoms with E-state index in [9.17, 15) is 16.8 Å². The number of hydrogen-bond donors (Lipinski definition) is 0. The molecule has 0 unspecified atom stereocenters. The van der Waals surface area contributed by atoms with Gasteiger partial charge in [-0.25, -0.2) is 16.8 Å². The molecule has 86 valence electrons.